The van der Waals surface area contributed by atoms with Gasteiger partial charge in [0, 0.05) is 23.6 Å². The van der Waals surface area contributed by atoms with Crippen molar-refractivity contribution in [3.8, 4) is 28.7 Å². The second-order valence-electron chi connectivity index (χ2n) is 8.39. The highest BCUT2D eigenvalue weighted by molar-refractivity contribution is 6.06. The van der Waals surface area contributed by atoms with E-state index in [2.05, 4.69) is 0 Å². The Bertz CT molecular complexity index is 1070. The number of carbonyl (C=O) groups is 1. The van der Waals surface area contributed by atoms with E-state index in [4.69, 9.17) is 28.4 Å². The summed E-state index contributed by atoms with van der Waals surface area (Å²) in [5.41, 5.74) is 2.03. The van der Waals surface area contributed by atoms with Crippen molar-refractivity contribution in [3.63, 3.8) is 0 Å². The van der Waals surface area contributed by atoms with E-state index >= 15 is 0 Å². The monoisotopic (exact) mass is 410 g/mol. The van der Waals surface area contributed by atoms with Crippen LogP contribution in [0.2, 0.25) is 0 Å². The Morgan fingerprint density at radius 3 is 2.57 bits per heavy atom. The van der Waals surface area contributed by atoms with Gasteiger partial charge in [0.05, 0.1) is 32.3 Å². The highest BCUT2D eigenvalue weighted by Gasteiger charge is 2.53. The summed E-state index contributed by atoms with van der Waals surface area (Å²) in [6.45, 7) is 3.02. The smallest absolute Gasteiger partial charge is 0.178 e. The van der Waals surface area contributed by atoms with Gasteiger partial charge in [0.2, 0.25) is 0 Å². The van der Waals surface area contributed by atoms with E-state index in [9.17, 15) is 4.79 Å². The molecule has 0 amide bonds. The van der Waals surface area contributed by atoms with E-state index in [1.54, 1.807) is 26.4 Å². The summed E-state index contributed by atoms with van der Waals surface area (Å²) in [6, 6.07) is 7.26. The maximum absolute atomic E-state index is 13.6. The summed E-state index contributed by atoms with van der Waals surface area (Å²) in [5, 5.41) is 0. The molecule has 4 aliphatic rings. The molecule has 4 atom stereocenters. The molecule has 2 aromatic carbocycles. The van der Waals surface area contributed by atoms with Crippen LogP contribution in [0.25, 0.3) is 0 Å². The summed E-state index contributed by atoms with van der Waals surface area (Å²) in [6.07, 6.45) is 0.201. The normalized spacial score (nSPS) is 30.0. The van der Waals surface area contributed by atoms with Gasteiger partial charge in [-0.25, -0.2) is 0 Å². The number of carbonyl (C=O) groups excluding carboxylic acids is 1. The largest absolute Gasteiger partial charge is 0.493 e. The molecular formula is C23H22O7. The van der Waals surface area contributed by atoms with E-state index in [1.165, 1.54) is 0 Å². The number of fused-ring (bicyclic) bond motifs is 6. The Morgan fingerprint density at radius 2 is 1.83 bits per heavy atom. The number of epoxide rings is 1. The van der Waals surface area contributed by atoms with Crippen LogP contribution >= 0.6 is 0 Å². The predicted molar refractivity (Wildman–Crippen MR) is 105 cm³/mol. The third-order valence-electron chi connectivity index (χ3n) is 6.60. The minimum Gasteiger partial charge on any atom is -0.493 e. The zero-order valence-electron chi connectivity index (χ0n) is 17.0. The van der Waals surface area contributed by atoms with Crippen molar-refractivity contribution in [3.05, 3.63) is 41.0 Å². The van der Waals surface area contributed by atoms with Gasteiger partial charge in [-0.2, -0.15) is 0 Å². The van der Waals surface area contributed by atoms with E-state index in [1.807, 2.05) is 19.1 Å². The topological polar surface area (TPSA) is 75.8 Å². The number of ketones is 1. The lowest BCUT2D eigenvalue weighted by Gasteiger charge is -2.37. The molecule has 0 spiro atoms. The first-order chi connectivity index (χ1) is 14.5. The third-order valence-corrected chi connectivity index (χ3v) is 6.60. The van der Waals surface area contributed by atoms with Gasteiger partial charge < -0.3 is 28.4 Å². The van der Waals surface area contributed by atoms with Crippen molar-refractivity contribution in [1.82, 2.24) is 0 Å². The fraction of sp³-hybridized carbons (Fsp3) is 0.435. The average Bonchev–Trinajstić information content (AvgIpc) is 3.35. The Morgan fingerprint density at radius 1 is 1.07 bits per heavy atom. The molecule has 0 aliphatic carbocycles. The average molecular weight is 410 g/mol. The zero-order chi connectivity index (χ0) is 20.6. The molecule has 4 heterocycles. The Kier molecular flexibility index (Phi) is 3.60. The zero-order valence-corrected chi connectivity index (χ0v) is 17.0. The lowest BCUT2D eigenvalue weighted by atomic mass is 9.81. The fourth-order valence-electron chi connectivity index (χ4n) is 4.71. The van der Waals surface area contributed by atoms with Crippen molar-refractivity contribution >= 4 is 5.78 Å². The Balaban J connectivity index is 1.41. The summed E-state index contributed by atoms with van der Waals surface area (Å²) in [5.74, 6) is 2.71. The van der Waals surface area contributed by atoms with Crippen molar-refractivity contribution in [2.24, 2.45) is 0 Å². The highest BCUT2D eigenvalue weighted by atomic mass is 16.6. The molecule has 6 rings (SSSR count). The summed E-state index contributed by atoms with van der Waals surface area (Å²) < 4.78 is 34.8. The number of rotatable bonds is 3. The van der Waals surface area contributed by atoms with Gasteiger partial charge in [-0.3, -0.25) is 4.79 Å². The minimum absolute atomic E-state index is 0.0261. The predicted octanol–water partition coefficient (Wildman–Crippen LogP) is 2.92. The van der Waals surface area contributed by atoms with E-state index < -0.39 is 12.0 Å². The number of methoxy groups -OCH3 is 2. The maximum atomic E-state index is 13.6. The van der Waals surface area contributed by atoms with Gasteiger partial charge in [0.1, 0.15) is 41.7 Å². The molecule has 4 aliphatic heterocycles. The standard InChI is InChI=1S/C23H22O7/c1-23(10-28-23)19-7-13-14(29-19)5-4-11-21(24)20-12-6-16(25-2)17(26-3)8-15(12)27-9-18(20)30-22(11)13/h4-6,8,18-20H,7,9-10H2,1-3H3/t18?,19-,20?,23-/m1/s1. The van der Waals surface area contributed by atoms with Crippen LogP contribution < -0.4 is 23.7 Å². The van der Waals surface area contributed by atoms with E-state index in [0.717, 1.165) is 16.9 Å². The third kappa shape index (κ3) is 2.38. The summed E-state index contributed by atoms with van der Waals surface area (Å²) >= 11 is 0. The molecule has 7 heteroatoms. The van der Waals surface area contributed by atoms with E-state index in [-0.39, 0.29) is 24.1 Å². The van der Waals surface area contributed by atoms with Crippen LogP contribution in [0.5, 0.6) is 28.7 Å². The molecule has 0 aromatic heterocycles. The number of hydrogen-bond donors (Lipinski definition) is 0. The van der Waals surface area contributed by atoms with Crippen molar-refractivity contribution < 1.29 is 33.2 Å². The molecule has 7 nitrogen and oxygen atoms in total. The van der Waals surface area contributed by atoms with Crippen molar-refractivity contribution in [2.75, 3.05) is 27.4 Å². The van der Waals surface area contributed by atoms with Crippen LogP contribution in [-0.2, 0) is 11.2 Å². The minimum atomic E-state index is -0.457. The van der Waals surface area contributed by atoms with Gasteiger partial charge in [0.15, 0.2) is 17.3 Å². The van der Waals surface area contributed by atoms with Crippen molar-refractivity contribution in [1.29, 1.82) is 0 Å². The molecule has 0 saturated carbocycles. The van der Waals surface area contributed by atoms with Gasteiger partial charge >= 0.3 is 0 Å². The van der Waals surface area contributed by atoms with E-state index in [0.29, 0.717) is 41.6 Å². The first kappa shape index (κ1) is 17.9. The van der Waals surface area contributed by atoms with Crippen LogP contribution in [0, 0.1) is 0 Å². The van der Waals surface area contributed by atoms with Crippen LogP contribution in [-0.4, -0.2) is 51.0 Å². The molecule has 1 saturated heterocycles. The lowest BCUT2D eigenvalue weighted by molar-refractivity contribution is 0.0554. The first-order valence-corrected chi connectivity index (χ1v) is 10.1. The maximum Gasteiger partial charge on any atom is 0.178 e. The second kappa shape index (κ2) is 6.04. The first-order valence-electron chi connectivity index (χ1n) is 10.1. The van der Waals surface area contributed by atoms with Crippen LogP contribution in [0.1, 0.15) is 34.3 Å². The summed E-state index contributed by atoms with van der Waals surface area (Å²) in [7, 11) is 3.15. The molecule has 0 N–H and O–H groups in total. The van der Waals surface area contributed by atoms with Gasteiger partial charge in [-0.05, 0) is 25.1 Å². The Labute approximate surface area is 173 Å². The van der Waals surface area contributed by atoms with Crippen LogP contribution in [0.4, 0.5) is 0 Å². The summed E-state index contributed by atoms with van der Waals surface area (Å²) in [4.78, 5) is 13.6. The number of hydrogen-bond acceptors (Lipinski definition) is 7. The molecule has 2 unspecified atom stereocenters. The highest BCUT2D eigenvalue weighted by Crippen LogP contribution is 2.51. The quantitative estimate of drug-likeness (QED) is 0.720. The second-order valence-corrected chi connectivity index (χ2v) is 8.39. The van der Waals surface area contributed by atoms with Gasteiger partial charge in [-0.1, -0.05) is 0 Å². The number of benzene rings is 2. The van der Waals surface area contributed by atoms with Gasteiger partial charge in [0.25, 0.3) is 0 Å². The molecule has 0 radical (unpaired) electrons. The lowest BCUT2D eigenvalue weighted by Crippen LogP contribution is -2.43. The molecule has 1 fully saturated rings. The van der Waals surface area contributed by atoms with Crippen LogP contribution in [0.3, 0.4) is 0 Å². The SMILES string of the molecule is COc1cc2c(cc1OC)C1C(=O)c3ccc4c(c3OC1CO2)C[C@H]([C@@]1(C)CO1)O4. The number of ether oxygens (including phenoxy) is 6. The van der Waals surface area contributed by atoms with Crippen LogP contribution in [0.15, 0.2) is 24.3 Å². The molecule has 30 heavy (non-hydrogen) atoms. The molecular weight excluding hydrogens is 388 g/mol. The van der Waals surface area contributed by atoms with Crippen molar-refractivity contribution in [2.45, 2.75) is 37.1 Å². The Hall–Kier alpha value is -2.93. The van der Waals surface area contributed by atoms with Gasteiger partial charge in [-0.15, -0.1) is 0 Å². The number of Topliss-reactive ketones (excluding diaryl/α,β-unsaturated/α-hetero) is 1. The fourth-order valence-corrected chi connectivity index (χ4v) is 4.71. The molecule has 156 valence electrons. The molecule has 2 aromatic rings. The molecule has 0 bridgehead atoms.